The molecule has 7 heteroatoms. The van der Waals surface area contributed by atoms with Crippen LogP contribution in [0.2, 0.25) is 0 Å². The lowest BCUT2D eigenvalue weighted by molar-refractivity contribution is 0.0169. The second kappa shape index (κ2) is 6.01. The van der Waals surface area contributed by atoms with Crippen LogP contribution < -0.4 is 16.4 Å². The van der Waals surface area contributed by atoms with Crippen LogP contribution in [0.3, 0.4) is 0 Å². The number of rotatable bonds is 4. The first kappa shape index (κ1) is 13.1. The molecular formula is C11H18N4O2S. The highest BCUT2D eigenvalue weighted by Gasteiger charge is 2.18. The van der Waals surface area contributed by atoms with E-state index < -0.39 is 0 Å². The van der Waals surface area contributed by atoms with Gasteiger partial charge in [-0.2, -0.15) is 0 Å². The summed E-state index contributed by atoms with van der Waals surface area (Å²) in [5.41, 5.74) is 5.69. The first-order chi connectivity index (χ1) is 8.70. The molecule has 6 nitrogen and oxygen atoms in total. The molecule has 1 unspecified atom stereocenters. The standard InChI is InChI=1S/C11H18N4O2S/c1-13-11-15-9(12)8(18-11)10(16)14-6-7-4-2-3-5-17-7/h7H,2-6,12H2,1H3,(H,13,15)(H,14,16). The third-order valence-corrected chi connectivity index (χ3v) is 3.93. The number of carbonyl (C=O) groups is 1. The Hall–Kier alpha value is -1.34. The van der Waals surface area contributed by atoms with Crippen molar-refractivity contribution in [2.75, 3.05) is 31.2 Å². The SMILES string of the molecule is CNc1nc(N)c(C(=O)NCC2CCCCO2)s1. The topological polar surface area (TPSA) is 89.3 Å². The number of nitrogens with two attached hydrogens (primary N) is 1. The number of nitrogens with zero attached hydrogens (tertiary/aromatic N) is 1. The van der Waals surface area contributed by atoms with Crippen molar-refractivity contribution < 1.29 is 9.53 Å². The van der Waals surface area contributed by atoms with Gasteiger partial charge in [0.1, 0.15) is 10.7 Å². The quantitative estimate of drug-likeness (QED) is 0.761. The van der Waals surface area contributed by atoms with Crippen molar-refractivity contribution in [1.82, 2.24) is 10.3 Å². The summed E-state index contributed by atoms with van der Waals surface area (Å²) in [6, 6.07) is 0. The normalized spacial score (nSPS) is 19.5. The van der Waals surface area contributed by atoms with Gasteiger partial charge in [0.25, 0.3) is 5.91 Å². The molecule has 0 spiro atoms. The molecule has 0 radical (unpaired) electrons. The van der Waals surface area contributed by atoms with Gasteiger partial charge in [0.05, 0.1) is 6.10 Å². The summed E-state index contributed by atoms with van der Waals surface area (Å²) < 4.78 is 5.55. The Morgan fingerprint density at radius 1 is 1.61 bits per heavy atom. The Bertz CT molecular complexity index is 415. The second-order valence-electron chi connectivity index (χ2n) is 4.18. The largest absolute Gasteiger partial charge is 0.382 e. The van der Waals surface area contributed by atoms with E-state index in [4.69, 9.17) is 10.5 Å². The number of amides is 1. The van der Waals surface area contributed by atoms with Crippen LogP contribution in [0, 0.1) is 0 Å². The summed E-state index contributed by atoms with van der Waals surface area (Å²) in [6.07, 6.45) is 3.39. The van der Waals surface area contributed by atoms with Gasteiger partial charge in [-0.1, -0.05) is 11.3 Å². The summed E-state index contributed by atoms with van der Waals surface area (Å²) in [5.74, 6) is 0.0899. The first-order valence-corrected chi connectivity index (χ1v) is 6.86. The Morgan fingerprint density at radius 3 is 3.06 bits per heavy atom. The van der Waals surface area contributed by atoms with Crippen molar-refractivity contribution in [3.8, 4) is 0 Å². The fourth-order valence-electron chi connectivity index (χ4n) is 1.86. The third kappa shape index (κ3) is 3.11. The average Bonchev–Trinajstić information content (AvgIpc) is 2.78. The lowest BCUT2D eigenvalue weighted by atomic mass is 10.1. The zero-order valence-electron chi connectivity index (χ0n) is 10.4. The van der Waals surface area contributed by atoms with E-state index in [0.29, 0.717) is 16.6 Å². The molecule has 1 saturated heterocycles. The Morgan fingerprint density at radius 2 is 2.44 bits per heavy atom. The number of thiazole rings is 1. The maximum Gasteiger partial charge on any atom is 0.265 e. The second-order valence-corrected chi connectivity index (χ2v) is 5.18. The van der Waals surface area contributed by atoms with E-state index >= 15 is 0 Å². The molecule has 1 fully saturated rings. The van der Waals surface area contributed by atoms with Gasteiger partial charge in [-0.15, -0.1) is 0 Å². The van der Waals surface area contributed by atoms with Crippen molar-refractivity contribution >= 4 is 28.2 Å². The van der Waals surface area contributed by atoms with Gasteiger partial charge in [-0.25, -0.2) is 4.98 Å². The summed E-state index contributed by atoms with van der Waals surface area (Å²) in [4.78, 5) is 16.4. The molecule has 1 aromatic rings. The maximum atomic E-state index is 11.9. The van der Waals surface area contributed by atoms with Crippen LogP contribution in [0.15, 0.2) is 0 Å². The molecule has 0 bridgehead atoms. The molecule has 1 amide bonds. The minimum Gasteiger partial charge on any atom is -0.382 e. The molecule has 2 heterocycles. The molecule has 0 aliphatic carbocycles. The first-order valence-electron chi connectivity index (χ1n) is 6.04. The minimum absolute atomic E-state index is 0.126. The van der Waals surface area contributed by atoms with Crippen LogP contribution in [0.4, 0.5) is 10.9 Å². The molecule has 0 saturated carbocycles. The fraction of sp³-hybridized carbons (Fsp3) is 0.636. The number of hydrogen-bond donors (Lipinski definition) is 3. The highest BCUT2D eigenvalue weighted by atomic mass is 32.1. The summed E-state index contributed by atoms with van der Waals surface area (Å²) in [7, 11) is 1.75. The lowest BCUT2D eigenvalue weighted by Gasteiger charge is -2.22. The van der Waals surface area contributed by atoms with Crippen molar-refractivity contribution in [3.05, 3.63) is 4.88 Å². The summed E-state index contributed by atoms with van der Waals surface area (Å²) in [6.45, 7) is 1.32. The summed E-state index contributed by atoms with van der Waals surface area (Å²) >= 11 is 1.25. The van der Waals surface area contributed by atoms with Crippen LogP contribution >= 0.6 is 11.3 Å². The van der Waals surface area contributed by atoms with Crippen molar-refractivity contribution in [2.24, 2.45) is 0 Å². The number of nitrogen functional groups attached to an aromatic ring is 1. The van der Waals surface area contributed by atoms with E-state index in [1.807, 2.05) is 0 Å². The van der Waals surface area contributed by atoms with E-state index in [2.05, 4.69) is 15.6 Å². The Labute approximate surface area is 110 Å². The number of aromatic nitrogens is 1. The molecule has 1 aliphatic rings. The molecule has 1 aromatic heterocycles. The van der Waals surface area contributed by atoms with Crippen molar-refractivity contribution in [1.29, 1.82) is 0 Å². The van der Waals surface area contributed by atoms with Gasteiger partial charge in [-0.05, 0) is 19.3 Å². The van der Waals surface area contributed by atoms with E-state index in [1.54, 1.807) is 7.05 Å². The zero-order chi connectivity index (χ0) is 13.0. The molecule has 4 N–H and O–H groups in total. The van der Waals surface area contributed by atoms with Crippen LogP contribution in [-0.2, 0) is 4.74 Å². The third-order valence-electron chi connectivity index (χ3n) is 2.84. The highest BCUT2D eigenvalue weighted by Crippen LogP contribution is 2.24. The molecule has 1 aliphatic heterocycles. The van der Waals surface area contributed by atoms with Gasteiger partial charge in [0.15, 0.2) is 5.13 Å². The molecule has 0 aromatic carbocycles. The van der Waals surface area contributed by atoms with Gasteiger partial charge >= 0.3 is 0 Å². The Kier molecular flexibility index (Phi) is 4.38. The number of hydrogen-bond acceptors (Lipinski definition) is 6. The van der Waals surface area contributed by atoms with Gasteiger partial charge < -0.3 is 21.1 Å². The smallest absolute Gasteiger partial charge is 0.265 e. The van der Waals surface area contributed by atoms with Gasteiger partial charge in [0.2, 0.25) is 0 Å². The number of anilines is 2. The van der Waals surface area contributed by atoms with Crippen molar-refractivity contribution in [2.45, 2.75) is 25.4 Å². The van der Waals surface area contributed by atoms with Crippen LogP contribution in [0.1, 0.15) is 28.9 Å². The monoisotopic (exact) mass is 270 g/mol. The van der Waals surface area contributed by atoms with E-state index in [1.165, 1.54) is 11.3 Å². The molecular weight excluding hydrogens is 252 g/mol. The fourth-order valence-corrected chi connectivity index (χ4v) is 2.61. The predicted octanol–water partition coefficient (Wildman–Crippen LogP) is 1.07. The van der Waals surface area contributed by atoms with Crippen LogP contribution in [0.5, 0.6) is 0 Å². The molecule has 18 heavy (non-hydrogen) atoms. The zero-order valence-corrected chi connectivity index (χ0v) is 11.2. The lowest BCUT2D eigenvalue weighted by Crippen LogP contribution is -2.35. The predicted molar refractivity (Wildman–Crippen MR) is 72.0 cm³/mol. The van der Waals surface area contributed by atoms with E-state index in [-0.39, 0.29) is 17.8 Å². The van der Waals surface area contributed by atoms with Gasteiger partial charge in [-0.3, -0.25) is 4.79 Å². The minimum atomic E-state index is -0.180. The maximum absolute atomic E-state index is 11.9. The molecule has 1 atom stereocenters. The molecule has 2 rings (SSSR count). The van der Waals surface area contributed by atoms with Crippen molar-refractivity contribution in [3.63, 3.8) is 0 Å². The number of carbonyl (C=O) groups excluding carboxylic acids is 1. The number of nitrogens with one attached hydrogen (secondary N) is 2. The molecule has 100 valence electrons. The van der Waals surface area contributed by atoms with E-state index in [9.17, 15) is 4.79 Å². The summed E-state index contributed by atoms with van der Waals surface area (Å²) in [5, 5.41) is 6.36. The Balaban J connectivity index is 1.88. The van der Waals surface area contributed by atoms with E-state index in [0.717, 1.165) is 25.9 Å². The average molecular weight is 270 g/mol. The van der Waals surface area contributed by atoms with Crippen LogP contribution in [0.25, 0.3) is 0 Å². The highest BCUT2D eigenvalue weighted by molar-refractivity contribution is 7.18. The van der Waals surface area contributed by atoms with Crippen LogP contribution in [-0.4, -0.2) is 37.2 Å². The number of ether oxygens (including phenoxy) is 1. The van der Waals surface area contributed by atoms with Gasteiger partial charge in [0, 0.05) is 20.2 Å².